The van der Waals surface area contributed by atoms with Gasteiger partial charge in [0.1, 0.15) is 5.75 Å². The summed E-state index contributed by atoms with van der Waals surface area (Å²) >= 11 is 5.47. The van der Waals surface area contributed by atoms with E-state index in [-0.39, 0.29) is 11.7 Å². The number of nitrogens with one attached hydrogen (secondary N) is 1. The van der Waals surface area contributed by atoms with Gasteiger partial charge in [0.05, 0.1) is 9.26 Å². The Morgan fingerprint density at radius 1 is 1.25 bits per heavy atom. The van der Waals surface area contributed by atoms with Crippen LogP contribution in [0.1, 0.15) is 21.5 Å². The Hall–Kier alpha value is -1.08. The SMILES string of the molecule is Cc1cc(C)c(NC(=O)c2ccc(I)c(O)c2)c(Br)c1. The zero-order chi connectivity index (χ0) is 14.9. The van der Waals surface area contributed by atoms with Crippen molar-refractivity contribution in [2.45, 2.75) is 13.8 Å². The molecule has 0 heterocycles. The molecule has 2 aromatic rings. The van der Waals surface area contributed by atoms with Crippen LogP contribution in [0, 0.1) is 17.4 Å². The highest BCUT2D eigenvalue weighted by Crippen LogP contribution is 2.29. The van der Waals surface area contributed by atoms with Crippen molar-refractivity contribution >= 4 is 50.1 Å². The van der Waals surface area contributed by atoms with Crippen molar-refractivity contribution in [2.24, 2.45) is 0 Å². The molecule has 0 aliphatic rings. The molecule has 0 saturated carbocycles. The molecule has 0 atom stereocenters. The fraction of sp³-hybridized carbons (Fsp3) is 0.133. The zero-order valence-corrected chi connectivity index (χ0v) is 14.7. The number of aromatic hydroxyl groups is 1. The van der Waals surface area contributed by atoms with Crippen LogP contribution in [0.4, 0.5) is 5.69 Å². The Bertz CT molecular complexity index is 663. The lowest BCUT2D eigenvalue weighted by atomic mass is 10.1. The second-order valence-electron chi connectivity index (χ2n) is 4.56. The van der Waals surface area contributed by atoms with E-state index in [9.17, 15) is 9.90 Å². The number of anilines is 1. The maximum atomic E-state index is 12.2. The number of aryl methyl sites for hydroxylation is 2. The average Bonchev–Trinajstić information content (AvgIpc) is 2.36. The lowest BCUT2D eigenvalue weighted by molar-refractivity contribution is 0.102. The Balaban J connectivity index is 2.30. The summed E-state index contributed by atoms with van der Waals surface area (Å²) in [5.74, 6) is -0.137. The van der Waals surface area contributed by atoms with Crippen LogP contribution >= 0.6 is 38.5 Å². The fourth-order valence-corrected chi connectivity index (χ4v) is 3.02. The summed E-state index contributed by atoms with van der Waals surface area (Å²) in [6.45, 7) is 3.94. The van der Waals surface area contributed by atoms with Crippen LogP contribution < -0.4 is 5.32 Å². The van der Waals surface area contributed by atoms with E-state index >= 15 is 0 Å². The van der Waals surface area contributed by atoms with Crippen LogP contribution in [0.25, 0.3) is 0 Å². The molecule has 2 aromatic carbocycles. The molecule has 0 radical (unpaired) electrons. The molecule has 2 rings (SSSR count). The maximum absolute atomic E-state index is 12.2. The van der Waals surface area contributed by atoms with Crippen molar-refractivity contribution in [2.75, 3.05) is 5.32 Å². The van der Waals surface area contributed by atoms with E-state index < -0.39 is 0 Å². The summed E-state index contributed by atoms with van der Waals surface area (Å²) in [6.07, 6.45) is 0. The molecule has 0 aliphatic carbocycles. The third-order valence-corrected chi connectivity index (χ3v) is 4.42. The molecule has 0 saturated heterocycles. The topological polar surface area (TPSA) is 49.3 Å². The van der Waals surface area contributed by atoms with Gasteiger partial charge in [-0.15, -0.1) is 0 Å². The minimum atomic E-state index is -0.246. The molecule has 5 heteroatoms. The van der Waals surface area contributed by atoms with Crippen molar-refractivity contribution < 1.29 is 9.90 Å². The van der Waals surface area contributed by atoms with Crippen molar-refractivity contribution in [3.05, 3.63) is 55.1 Å². The molecule has 0 spiro atoms. The van der Waals surface area contributed by atoms with Crippen molar-refractivity contribution in [3.63, 3.8) is 0 Å². The fourth-order valence-electron chi connectivity index (χ4n) is 1.91. The van der Waals surface area contributed by atoms with Crippen LogP contribution in [0.3, 0.4) is 0 Å². The largest absolute Gasteiger partial charge is 0.507 e. The van der Waals surface area contributed by atoms with Gasteiger partial charge >= 0.3 is 0 Å². The van der Waals surface area contributed by atoms with Gasteiger partial charge in [-0.1, -0.05) is 6.07 Å². The minimum absolute atomic E-state index is 0.109. The Morgan fingerprint density at radius 2 is 1.95 bits per heavy atom. The standard InChI is InChI=1S/C15H13BrINO2/c1-8-5-9(2)14(11(16)6-8)18-15(20)10-3-4-12(17)13(19)7-10/h3-7,19H,1-2H3,(H,18,20). The number of rotatable bonds is 2. The van der Waals surface area contributed by atoms with Crippen molar-refractivity contribution in [1.29, 1.82) is 0 Å². The normalized spacial score (nSPS) is 10.4. The predicted octanol–water partition coefficient (Wildman–Crippen LogP) is 4.63. The summed E-state index contributed by atoms with van der Waals surface area (Å²) < 4.78 is 1.56. The zero-order valence-electron chi connectivity index (χ0n) is 11.0. The van der Waals surface area contributed by atoms with Crippen LogP contribution in [0.5, 0.6) is 5.75 Å². The first-order valence-electron chi connectivity index (χ1n) is 5.95. The molecule has 0 unspecified atom stereocenters. The minimum Gasteiger partial charge on any atom is -0.507 e. The van der Waals surface area contributed by atoms with E-state index in [1.54, 1.807) is 12.1 Å². The quantitative estimate of drug-likeness (QED) is 0.662. The third-order valence-electron chi connectivity index (χ3n) is 2.88. The van der Waals surface area contributed by atoms with E-state index in [4.69, 9.17) is 0 Å². The first-order chi connectivity index (χ1) is 9.38. The molecule has 0 aromatic heterocycles. The van der Waals surface area contributed by atoms with E-state index in [2.05, 4.69) is 21.2 Å². The lowest BCUT2D eigenvalue weighted by Crippen LogP contribution is -2.13. The number of benzene rings is 2. The number of phenolic OH excluding ortho intramolecular Hbond substituents is 1. The van der Waals surface area contributed by atoms with Crippen molar-refractivity contribution in [3.8, 4) is 5.75 Å². The van der Waals surface area contributed by atoms with Gasteiger partial charge < -0.3 is 10.4 Å². The number of hydrogen-bond acceptors (Lipinski definition) is 2. The second-order valence-corrected chi connectivity index (χ2v) is 6.58. The molecule has 3 nitrogen and oxygen atoms in total. The van der Waals surface area contributed by atoms with Gasteiger partial charge in [0.25, 0.3) is 5.91 Å². The van der Waals surface area contributed by atoms with E-state index in [0.717, 1.165) is 21.3 Å². The molecule has 0 bridgehead atoms. The Kier molecular flexibility index (Phi) is 4.70. The molecule has 1 amide bonds. The van der Waals surface area contributed by atoms with E-state index in [1.165, 1.54) is 6.07 Å². The molecule has 0 fully saturated rings. The number of amides is 1. The summed E-state index contributed by atoms with van der Waals surface area (Å²) in [6, 6.07) is 8.82. The van der Waals surface area contributed by atoms with Gasteiger partial charge in [-0.25, -0.2) is 0 Å². The van der Waals surface area contributed by atoms with Gasteiger partial charge in [-0.3, -0.25) is 4.79 Å². The van der Waals surface area contributed by atoms with Gasteiger partial charge in [-0.05, 0) is 87.8 Å². The number of carbonyl (C=O) groups excluding carboxylic acids is 1. The molecule has 20 heavy (non-hydrogen) atoms. The van der Waals surface area contributed by atoms with Crippen LogP contribution in [0.15, 0.2) is 34.8 Å². The predicted molar refractivity (Wildman–Crippen MR) is 92.4 cm³/mol. The molecular weight excluding hydrogens is 433 g/mol. The van der Waals surface area contributed by atoms with Gasteiger partial charge in [0, 0.05) is 10.0 Å². The van der Waals surface area contributed by atoms with Crippen molar-refractivity contribution in [1.82, 2.24) is 0 Å². The first-order valence-corrected chi connectivity index (χ1v) is 7.82. The first kappa shape index (κ1) is 15.3. The van der Waals surface area contributed by atoms with E-state index in [1.807, 2.05) is 48.6 Å². The Morgan fingerprint density at radius 3 is 2.55 bits per heavy atom. The van der Waals surface area contributed by atoms with Crippen LogP contribution in [-0.4, -0.2) is 11.0 Å². The van der Waals surface area contributed by atoms with Gasteiger partial charge in [0.15, 0.2) is 0 Å². The average molecular weight is 446 g/mol. The summed E-state index contributed by atoms with van der Waals surface area (Å²) in [5, 5.41) is 12.5. The smallest absolute Gasteiger partial charge is 0.255 e. The van der Waals surface area contributed by atoms with Crippen LogP contribution in [0.2, 0.25) is 0 Å². The number of halogens is 2. The number of phenols is 1. The molecule has 104 valence electrons. The highest BCUT2D eigenvalue weighted by atomic mass is 127. The number of carbonyl (C=O) groups is 1. The maximum Gasteiger partial charge on any atom is 0.255 e. The highest BCUT2D eigenvalue weighted by Gasteiger charge is 2.12. The summed E-state index contributed by atoms with van der Waals surface area (Å²) in [5.41, 5.74) is 3.28. The van der Waals surface area contributed by atoms with Gasteiger partial charge in [0.2, 0.25) is 0 Å². The highest BCUT2D eigenvalue weighted by molar-refractivity contribution is 14.1. The summed E-state index contributed by atoms with van der Waals surface area (Å²) in [7, 11) is 0. The monoisotopic (exact) mass is 445 g/mol. The van der Waals surface area contributed by atoms with Gasteiger partial charge in [-0.2, -0.15) is 0 Å². The Labute approximate surface area is 139 Å². The summed E-state index contributed by atoms with van der Waals surface area (Å²) in [4.78, 5) is 12.2. The third kappa shape index (κ3) is 3.32. The molecule has 2 N–H and O–H groups in total. The second kappa shape index (κ2) is 6.13. The van der Waals surface area contributed by atoms with Crippen LogP contribution in [-0.2, 0) is 0 Å². The molecular formula is C15H13BrINO2. The van der Waals surface area contributed by atoms with E-state index in [0.29, 0.717) is 9.13 Å². The lowest BCUT2D eigenvalue weighted by Gasteiger charge is -2.12. The molecule has 0 aliphatic heterocycles. The number of hydrogen-bond donors (Lipinski definition) is 2.